The van der Waals surface area contributed by atoms with E-state index in [-0.39, 0.29) is 11.2 Å². The highest BCUT2D eigenvalue weighted by molar-refractivity contribution is 5.97. The Morgan fingerprint density at radius 3 is 3.00 bits per heavy atom. The Kier molecular flexibility index (Phi) is 1.50. The molecule has 1 fully saturated rings. The second-order valence-corrected chi connectivity index (χ2v) is 4.00. The molecule has 1 saturated carbocycles. The molecule has 0 radical (unpaired) electrons. The Hall–Kier alpha value is -0.850. The zero-order valence-corrected chi connectivity index (χ0v) is 7.47. The lowest BCUT2D eigenvalue weighted by Gasteiger charge is -2.24. The van der Waals surface area contributed by atoms with Crippen molar-refractivity contribution in [2.75, 3.05) is 0 Å². The monoisotopic (exact) mass is 162 g/mol. The molecular formula is C11H14O. The second-order valence-electron chi connectivity index (χ2n) is 4.00. The van der Waals surface area contributed by atoms with E-state index >= 15 is 0 Å². The summed E-state index contributed by atoms with van der Waals surface area (Å²) in [6.07, 6.45) is 7.04. The summed E-state index contributed by atoms with van der Waals surface area (Å²) in [5.74, 6) is 0.908. The fourth-order valence-electron chi connectivity index (χ4n) is 2.71. The molecule has 1 nitrogen and oxygen atoms in total. The SMILES string of the molecule is C=CC(=O)C12CCC(C=C1C)C2. The number of rotatable bonds is 2. The first-order valence-corrected chi connectivity index (χ1v) is 4.55. The van der Waals surface area contributed by atoms with Crippen LogP contribution in [-0.4, -0.2) is 5.78 Å². The topological polar surface area (TPSA) is 17.1 Å². The van der Waals surface area contributed by atoms with Gasteiger partial charge in [-0.1, -0.05) is 18.2 Å². The summed E-state index contributed by atoms with van der Waals surface area (Å²) in [6, 6.07) is 0. The fourth-order valence-corrected chi connectivity index (χ4v) is 2.71. The molecule has 12 heavy (non-hydrogen) atoms. The predicted octanol–water partition coefficient (Wildman–Crippen LogP) is 2.49. The number of fused-ring (bicyclic) bond motifs is 2. The van der Waals surface area contributed by atoms with Crippen molar-refractivity contribution in [2.24, 2.45) is 11.3 Å². The van der Waals surface area contributed by atoms with Crippen molar-refractivity contribution in [2.45, 2.75) is 26.2 Å². The minimum absolute atomic E-state index is 0.119. The molecular weight excluding hydrogens is 148 g/mol. The van der Waals surface area contributed by atoms with Gasteiger partial charge in [0.15, 0.2) is 5.78 Å². The van der Waals surface area contributed by atoms with Gasteiger partial charge in [-0.2, -0.15) is 0 Å². The molecule has 2 rings (SSSR count). The molecule has 1 heteroatoms. The second kappa shape index (κ2) is 2.32. The lowest BCUT2D eigenvalue weighted by Crippen LogP contribution is -2.26. The number of hydrogen-bond donors (Lipinski definition) is 0. The molecule has 2 aliphatic carbocycles. The Balaban J connectivity index is 2.38. The summed E-state index contributed by atoms with van der Waals surface area (Å²) < 4.78 is 0. The summed E-state index contributed by atoms with van der Waals surface area (Å²) >= 11 is 0. The molecule has 0 aromatic carbocycles. The zero-order valence-electron chi connectivity index (χ0n) is 7.47. The van der Waals surface area contributed by atoms with Gasteiger partial charge in [0, 0.05) is 0 Å². The summed E-state index contributed by atoms with van der Waals surface area (Å²) in [5.41, 5.74) is 1.16. The van der Waals surface area contributed by atoms with Crippen LogP contribution in [0.3, 0.4) is 0 Å². The first-order chi connectivity index (χ1) is 5.69. The van der Waals surface area contributed by atoms with E-state index in [4.69, 9.17) is 0 Å². The Morgan fingerprint density at radius 1 is 1.83 bits per heavy atom. The van der Waals surface area contributed by atoms with E-state index in [1.54, 1.807) is 0 Å². The molecule has 0 spiro atoms. The van der Waals surface area contributed by atoms with E-state index in [0.29, 0.717) is 5.92 Å². The van der Waals surface area contributed by atoms with Crippen molar-refractivity contribution in [3.8, 4) is 0 Å². The summed E-state index contributed by atoms with van der Waals surface area (Å²) in [4.78, 5) is 11.6. The molecule has 2 atom stereocenters. The Labute approximate surface area is 73.2 Å². The van der Waals surface area contributed by atoms with Crippen molar-refractivity contribution >= 4 is 5.78 Å². The molecule has 2 aliphatic rings. The molecule has 0 aliphatic heterocycles. The van der Waals surface area contributed by atoms with E-state index < -0.39 is 0 Å². The maximum Gasteiger partial charge on any atom is 0.165 e. The first kappa shape index (κ1) is 7.78. The van der Waals surface area contributed by atoms with Crippen LogP contribution in [0.2, 0.25) is 0 Å². The third-order valence-electron chi connectivity index (χ3n) is 3.45. The highest BCUT2D eigenvalue weighted by Gasteiger charge is 2.48. The highest BCUT2D eigenvalue weighted by Crippen LogP contribution is 2.54. The normalized spacial score (nSPS) is 38.1. The van der Waals surface area contributed by atoms with Gasteiger partial charge in [0.25, 0.3) is 0 Å². The van der Waals surface area contributed by atoms with Gasteiger partial charge >= 0.3 is 0 Å². The number of carbonyl (C=O) groups excluding carboxylic acids is 1. The molecule has 2 unspecified atom stereocenters. The van der Waals surface area contributed by atoms with Crippen LogP contribution in [0.1, 0.15) is 26.2 Å². The molecule has 0 saturated heterocycles. The molecule has 0 aromatic heterocycles. The molecule has 0 N–H and O–H groups in total. The predicted molar refractivity (Wildman–Crippen MR) is 48.7 cm³/mol. The number of ketones is 1. The van der Waals surface area contributed by atoms with Crippen LogP contribution >= 0.6 is 0 Å². The van der Waals surface area contributed by atoms with Crippen LogP contribution in [0.4, 0.5) is 0 Å². The van der Waals surface area contributed by atoms with Crippen LogP contribution in [0.5, 0.6) is 0 Å². The van der Waals surface area contributed by atoms with E-state index in [1.165, 1.54) is 18.1 Å². The number of allylic oxidation sites excluding steroid dienone is 3. The fraction of sp³-hybridized carbons (Fsp3) is 0.545. The van der Waals surface area contributed by atoms with Gasteiger partial charge in [-0.3, -0.25) is 4.79 Å². The third-order valence-corrected chi connectivity index (χ3v) is 3.45. The molecule has 0 amide bonds. The van der Waals surface area contributed by atoms with E-state index in [9.17, 15) is 4.79 Å². The van der Waals surface area contributed by atoms with Crippen LogP contribution in [-0.2, 0) is 4.79 Å². The van der Waals surface area contributed by atoms with Crippen molar-refractivity contribution < 1.29 is 4.79 Å². The molecule has 2 bridgehead atoms. The molecule has 0 heterocycles. The highest BCUT2D eigenvalue weighted by atomic mass is 16.1. The first-order valence-electron chi connectivity index (χ1n) is 4.55. The Morgan fingerprint density at radius 2 is 2.58 bits per heavy atom. The van der Waals surface area contributed by atoms with Gasteiger partial charge in [0.1, 0.15) is 0 Å². The summed E-state index contributed by atoms with van der Waals surface area (Å²) in [5, 5.41) is 0. The van der Waals surface area contributed by atoms with Crippen molar-refractivity contribution in [1.82, 2.24) is 0 Å². The minimum Gasteiger partial charge on any atom is -0.294 e. The molecule has 64 valence electrons. The van der Waals surface area contributed by atoms with Crippen LogP contribution in [0, 0.1) is 11.3 Å². The van der Waals surface area contributed by atoms with Crippen molar-refractivity contribution in [3.63, 3.8) is 0 Å². The maximum atomic E-state index is 11.6. The lowest BCUT2D eigenvalue weighted by atomic mass is 9.77. The minimum atomic E-state index is -0.119. The van der Waals surface area contributed by atoms with Crippen LogP contribution < -0.4 is 0 Å². The van der Waals surface area contributed by atoms with Crippen LogP contribution in [0.15, 0.2) is 24.3 Å². The van der Waals surface area contributed by atoms with Crippen molar-refractivity contribution in [3.05, 3.63) is 24.3 Å². The molecule has 0 aromatic rings. The average Bonchev–Trinajstić information content (AvgIpc) is 2.60. The van der Waals surface area contributed by atoms with Gasteiger partial charge in [-0.25, -0.2) is 0 Å². The standard InChI is InChI=1S/C11H14O/c1-3-10(12)11-5-4-9(7-11)6-8(11)2/h3,6,9H,1,4-5,7H2,2H3. The lowest BCUT2D eigenvalue weighted by molar-refractivity contribution is -0.121. The summed E-state index contributed by atoms with van der Waals surface area (Å²) in [7, 11) is 0. The van der Waals surface area contributed by atoms with Crippen LogP contribution in [0.25, 0.3) is 0 Å². The maximum absolute atomic E-state index is 11.6. The van der Waals surface area contributed by atoms with Crippen molar-refractivity contribution in [1.29, 1.82) is 0 Å². The van der Waals surface area contributed by atoms with Gasteiger partial charge in [0.05, 0.1) is 5.41 Å². The third kappa shape index (κ3) is 0.767. The zero-order chi connectivity index (χ0) is 8.77. The van der Waals surface area contributed by atoms with Gasteiger partial charge < -0.3 is 0 Å². The van der Waals surface area contributed by atoms with Gasteiger partial charge in [0.2, 0.25) is 0 Å². The van der Waals surface area contributed by atoms with E-state index in [2.05, 4.69) is 19.6 Å². The van der Waals surface area contributed by atoms with E-state index in [1.807, 2.05) is 0 Å². The average molecular weight is 162 g/mol. The quantitative estimate of drug-likeness (QED) is 0.450. The van der Waals surface area contributed by atoms with E-state index in [0.717, 1.165) is 12.8 Å². The number of carbonyl (C=O) groups is 1. The largest absolute Gasteiger partial charge is 0.294 e. The number of hydrogen-bond acceptors (Lipinski definition) is 1. The summed E-state index contributed by atoms with van der Waals surface area (Å²) in [6.45, 7) is 5.66. The smallest absolute Gasteiger partial charge is 0.165 e. The van der Waals surface area contributed by atoms with Gasteiger partial charge in [-0.15, -0.1) is 0 Å². The van der Waals surface area contributed by atoms with Gasteiger partial charge in [-0.05, 0) is 38.2 Å². The Bertz CT molecular complexity index is 275.